The first-order chi connectivity index (χ1) is 12.7. The Balaban J connectivity index is 1.99. The molecule has 1 aliphatic rings. The highest BCUT2D eigenvalue weighted by Crippen LogP contribution is 2.20. The van der Waals surface area contributed by atoms with E-state index in [9.17, 15) is 18.0 Å². The standard InChI is InChI=1S/C19H29N3O4S/c1-14(2)18(21-15(3)23)19(24)20-13-16-7-9-17(10-8-16)27(25,26)22-11-5-4-6-12-22/h7-10,14,18H,4-6,11-13H2,1-3H3,(H,20,24)(H,21,23)/t18-/m1/s1. The van der Waals surface area contributed by atoms with Gasteiger partial charge in [-0.05, 0) is 36.5 Å². The molecule has 2 amide bonds. The maximum atomic E-state index is 12.6. The van der Waals surface area contributed by atoms with E-state index in [1.54, 1.807) is 24.3 Å². The third-order valence-electron chi connectivity index (χ3n) is 4.65. The van der Waals surface area contributed by atoms with Gasteiger partial charge in [0.25, 0.3) is 0 Å². The second kappa shape index (κ2) is 9.32. The number of rotatable bonds is 7. The van der Waals surface area contributed by atoms with Crippen LogP contribution in [0.4, 0.5) is 0 Å². The molecule has 0 radical (unpaired) electrons. The molecule has 0 spiro atoms. The summed E-state index contributed by atoms with van der Waals surface area (Å²) >= 11 is 0. The zero-order chi connectivity index (χ0) is 20.0. The Bertz CT molecular complexity index is 754. The summed E-state index contributed by atoms with van der Waals surface area (Å²) in [6.45, 7) is 6.51. The maximum absolute atomic E-state index is 12.6. The molecular weight excluding hydrogens is 366 g/mol. The summed E-state index contributed by atoms with van der Waals surface area (Å²) in [5.74, 6) is -0.549. The predicted octanol–water partition coefficient (Wildman–Crippen LogP) is 1.64. The van der Waals surface area contributed by atoms with Gasteiger partial charge in [0.15, 0.2) is 0 Å². The number of hydrogen-bond donors (Lipinski definition) is 2. The van der Waals surface area contributed by atoms with Crippen LogP contribution in [0.25, 0.3) is 0 Å². The Hall–Kier alpha value is -1.93. The Kier molecular flexibility index (Phi) is 7.38. The van der Waals surface area contributed by atoms with Crippen molar-refractivity contribution >= 4 is 21.8 Å². The molecule has 1 saturated heterocycles. The van der Waals surface area contributed by atoms with Gasteiger partial charge in [0.2, 0.25) is 21.8 Å². The lowest BCUT2D eigenvalue weighted by Gasteiger charge is -2.26. The van der Waals surface area contributed by atoms with Gasteiger partial charge in [-0.25, -0.2) is 8.42 Å². The average molecular weight is 396 g/mol. The Morgan fingerprint density at radius 2 is 1.67 bits per heavy atom. The number of hydrogen-bond acceptors (Lipinski definition) is 4. The first-order valence-corrected chi connectivity index (χ1v) is 10.8. The maximum Gasteiger partial charge on any atom is 0.243 e. The molecule has 1 heterocycles. The molecule has 150 valence electrons. The number of carbonyl (C=O) groups is 2. The molecule has 0 bridgehead atoms. The van der Waals surface area contributed by atoms with Crippen molar-refractivity contribution in [2.24, 2.45) is 5.92 Å². The van der Waals surface area contributed by atoms with E-state index in [1.165, 1.54) is 11.2 Å². The van der Waals surface area contributed by atoms with E-state index < -0.39 is 16.1 Å². The number of carbonyl (C=O) groups excluding carboxylic acids is 2. The van der Waals surface area contributed by atoms with Crippen LogP contribution in [0.15, 0.2) is 29.2 Å². The minimum atomic E-state index is -3.45. The quantitative estimate of drug-likeness (QED) is 0.734. The first kappa shape index (κ1) is 21.4. The van der Waals surface area contributed by atoms with E-state index in [-0.39, 0.29) is 29.2 Å². The lowest BCUT2D eigenvalue weighted by molar-refractivity contribution is -0.129. The van der Waals surface area contributed by atoms with Crippen molar-refractivity contribution in [3.05, 3.63) is 29.8 Å². The fourth-order valence-electron chi connectivity index (χ4n) is 3.09. The van der Waals surface area contributed by atoms with Gasteiger partial charge >= 0.3 is 0 Å². The molecule has 1 atom stereocenters. The minimum absolute atomic E-state index is 0.0361. The monoisotopic (exact) mass is 395 g/mol. The van der Waals surface area contributed by atoms with Gasteiger partial charge in [-0.15, -0.1) is 0 Å². The molecule has 1 aromatic rings. The molecule has 0 aromatic heterocycles. The van der Waals surface area contributed by atoms with Gasteiger partial charge in [-0.3, -0.25) is 9.59 Å². The van der Waals surface area contributed by atoms with Gasteiger partial charge in [-0.1, -0.05) is 32.4 Å². The van der Waals surface area contributed by atoms with Crippen LogP contribution in [-0.4, -0.2) is 43.7 Å². The Morgan fingerprint density at radius 1 is 1.07 bits per heavy atom. The third kappa shape index (κ3) is 5.77. The van der Waals surface area contributed by atoms with E-state index in [2.05, 4.69) is 10.6 Å². The highest BCUT2D eigenvalue weighted by atomic mass is 32.2. The smallest absolute Gasteiger partial charge is 0.243 e. The van der Waals surface area contributed by atoms with Crippen LogP contribution in [0.3, 0.4) is 0 Å². The van der Waals surface area contributed by atoms with E-state index in [0.29, 0.717) is 13.1 Å². The summed E-state index contributed by atoms with van der Waals surface area (Å²) in [5, 5.41) is 5.44. The van der Waals surface area contributed by atoms with E-state index in [4.69, 9.17) is 0 Å². The van der Waals surface area contributed by atoms with Crippen molar-refractivity contribution in [3.8, 4) is 0 Å². The summed E-state index contributed by atoms with van der Waals surface area (Å²) in [6.07, 6.45) is 2.86. The summed E-state index contributed by atoms with van der Waals surface area (Å²) in [5.41, 5.74) is 0.797. The summed E-state index contributed by atoms with van der Waals surface area (Å²) < 4.78 is 26.8. The van der Waals surface area contributed by atoms with Crippen LogP contribution in [-0.2, 0) is 26.2 Å². The third-order valence-corrected chi connectivity index (χ3v) is 6.56. The van der Waals surface area contributed by atoms with Crippen LogP contribution in [0.2, 0.25) is 0 Å². The van der Waals surface area contributed by atoms with Crippen molar-refractivity contribution in [3.63, 3.8) is 0 Å². The Labute approximate surface area is 161 Å². The van der Waals surface area contributed by atoms with Gasteiger partial charge in [0.05, 0.1) is 4.90 Å². The van der Waals surface area contributed by atoms with Crippen molar-refractivity contribution in [1.82, 2.24) is 14.9 Å². The van der Waals surface area contributed by atoms with Crippen molar-refractivity contribution in [2.75, 3.05) is 13.1 Å². The van der Waals surface area contributed by atoms with Crippen LogP contribution in [0.5, 0.6) is 0 Å². The molecule has 1 aromatic carbocycles. The van der Waals surface area contributed by atoms with Crippen LogP contribution < -0.4 is 10.6 Å². The fraction of sp³-hybridized carbons (Fsp3) is 0.579. The summed E-state index contributed by atoms with van der Waals surface area (Å²) in [6, 6.07) is 5.99. The number of nitrogens with zero attached hydrogens (tertiary/aromatic N) is 1. The topological polar surface area (TPSA) is 95.6 Å². The SMILES string of the molecule is CC(=O)N[C@@H](C(=O)NCc1ccc(S(=O)(=O)N2CCCCC2)cc1)C(C)C. The zero-order valence-corrected chi connectivity index (χ0v) is 17.0. The molecule has 0 aliphatic carbocycles. The second-order valence-corrected chi connectivity index (χ2v) is 9.19. The highest BCUT2D eigenvalue weighted by Gasteiger charge is 2.26. The molecule has 1 aliphatic heterocycles. The molecular formula is C19H29N3O4S. The number of nitrogens with one attached hydrogen (secondary N) is 2. The van der Waals surface area contributed by atoms with Crippen LogP contribution in [0.1, 0.15) is 45.6 Å². The van der Waals surface area contributed by atoms with Crippen LogP contribution >= 0.6 is 0 Å². The van der Waals surface area contributed by atoms with Crippen molar-refractivity contribution < 1.29 is 18.0 Å². The lowest BCUT2D eigenvalue weighted by atomic mass is 10.0. The van der Waals surface area contributed by atoms with Gasteiger partial charge in [0.1, 0.15) is 6.04 Å². The second-order valence-electron chi connectivity index (χ2n) is 7.25. The molecule has 27 heavy (non-hydrogen) atoms. The number of benzene rings is 1. The minimum Gasteiger partial charge on any atom is -0.350 e. The number of amides is 2. The largest absolute Gasteiger partial charge is 0.350 e. The van der Waals surface area contributed by atoms with Crippen molar-refractivity contribution in [2.45, 2.75) is 57.5 Å². The molecule has 2 N–H and O–H groups in total. The number of piperidine rings is 1. The molecule has 0 unspecified atom stereocenters. The van der Waals surface area contributed by atoms with Gasteiger partial charge in [0, 0.05) is 26.6 Å². The fourth-order valence-corrected chi connectivity index (χ4v) is 4.60. The molecule has 7 nitrogen and oxygen atoms in total. The van der Waals surface area contributed by atoms with Gasteiger partial charge in [-0.2, -0.15) is 4.31 Å². The molecule has 8 heteroatoms. The first-order valence-electron chi connectivity index (χ1n) is 9.35. The normalized spacial score (nSPS) is 16.7. The highest BCUT2D eigenvalue weighted by molar-refractivity contribution is 7.89. The van der Waals surface area contributed by atoms with E-state index in [0.717, 1.165) is 24.8 Å². The zero-order valence-electron chi connectivity index (χ0n) is 16.2. The summed E-state index contributed by atoms with van der Waals surface area (Å²) in [7, 11) is -3.45. The van der Waals surface area contributed by atoms with Crippen LogP contribution in [0, 0.1) is 5.92 Å². The lowest BCUT2D eigenvalue weighted by Crippen LogP contribution is -2.48. The van der Waals surface area contributed by atoms with Gasteiger partial charge < -0.3 is 10.6 Å². The van der Waals surface area contributed by atoms with Crippen molar-refractivity contribution in [1.29, 1.82) is 0 Å². The average Bonchev–Trinajstić information content (AvgIpc) is 2.65. The van der Waals surface area contributed by atoms with E-state index in [1.807, 2.05) is 13.8 Å². The predicted molar refractivity (Wildman–Crippen MR) is 103 cm³/mol. The number of sulfonamides is 1. The molecule has 2 rings (SSSR count). The Morgan fingerprint density at radius 3 is 2.19 bits per heavy atom. The summed E-state index contributed by atoms with van der Waals surface area (Å²) in [4.78, 5) is 23.8. The molecule has 0 saturated carbocycles. The molecule has 1 fully saturated rings. The van der Waals surface area contributed by atoms with E-state index >= 15 is 0 Å².